The number of benzene rings is 2. The van der Waals surface area contributed by atoms with Gasteiger partial charge in [-0.3, -0.25) is 24.2 Å². The predicted molar refractivity (Wildman–Crippen MR) is 170 cm³/mol. The third kappa shape index (κ3) is 12.7. The molecule has 0 unspecified atom stereocenters. The molecule has 1 heterocycles. The van der Waals surface area contributed by atoms with Crippen molar-refractivity contribution in [3.05, 3.63) is 71.8 Å². The Morgan fingerprint density at radius 1 is 1.02 bits per heavy atom. The van der Waals surface area contributed by atoms with Crippen molar-refractivity contribution in [2.24, 2.45) is 11.7 Å². The van der Waals surface area contributed by atoms with Crippen LogP contribution in [0.3, 0.4) is 0 Å². The van der Waals surface area contributed by atoms with Gasteiger partial charge in [0.15, 0.2) is 6.79 Å². The zero-order valence-corrected chi connectivity index (χ0v) is 26.9. The molecular formula is C34H43FN4O8. The Morgan fingerprint density at radius 3 is 2.40 bits per heavy atom. The molecule has 12 nitrogen and oxygen atoms in total. The number of carbonyl (C=O) groups is 4. The molecular weight excluding hydrogens is 611 g/mol. The summed E-state index contributed by atoms with van der Waals surface area (Å²) in [7, 11) is 0. The molecule has 2 amide bonds. The average molecular weight is 655 g/mol. The predicted octanol–water partition coefficient (Wildman–Crippen LogP) is 3.77. The van der Waals surface area contributed by atoms with Gasteiger partial charge in [0, 0.05) is 18.8 Å². The fourth-order valence-corrected chi connectivity index (χ4v) is 4.87. The highest BCUT2D eigenvalue weighted by Crippen LogP contribution is 2.25. The number of aliphatic hydroxyl groups excluding tert-OH is 1. The van der Waals surface area contributed by atoms with Crippen LogP contribution in [0, 0.1) is 11.7 Å². The van der Waals surface area contributed by atoms with Crippen LogP contribution in [0.4, 0.5) is 4.39 Å². The van der Waals surface area contributed by atoms with E-state index < -0.39 is 47.3 Å². The van der Waals surface area contributed by atoms with Gasteiger partial charge >= 0.3 is 11.9 Å². The molecule has 47 heavy (non-hydrogen) atoms. The van der Waals surface area contributed by atoms with Crippen LogP contribution < -0.4 is 11.1 Å². The van der Waals surface area contributed by atoms with Gasteiger partial charge in [0.25, 0.3) is 5.91 Å². The van der Waals surface area contributed by atoms with Gasteiger partial charge in [0.1, 0.15) is 11.5 Å². The number of aliphatic hydroxyl groups is 1. The second-order valence-electron chi connectivity index (χ2n) is 11.8. The van der Waals surface area contributed by atoms with Crippen LogP contribution in [0.25, 0.3) is 11.0 Å². The van der Waals surface area contributed by atoms with Crippen LogP contribution in [-0.4, -0.2) is 70.0 Å². The monoisotopic (exact) mass is 654 g/mol. The first-order valence-electron chi connectivity index (χ1n) is 15.6. The third-order valence-corrected chi connectivity index (χ3v) is 7.57. The van der Waals surface area contributed by atoms with Gasteiger partial charge in [-0.15, -0.1) is 0 Å². The van der Waals surface area contributed by atoms with E-state index in [1.54, 1.807) is 51.1 Å². The summed E-state index contributed by atoms with van der Waals surface area (Å²) in [6.07, 6.45) is 1.04. The molecule has 4 N–H and O–H groups in total. The van der Waals surface area contributed by atoms with Crippen LogP contribution >= 0.6 is 0 Å². The highest BCUT2D eigenvalue weighted by molar-refractivity contribution is 5.94. The molecule has 254 valence electrons. The Hall–Kier alpha value is -4.49. The second kappa shape index (κ2) is 18.0. The summed E-state index contributed by atoms with van der Waals surface area (Å²) in [6.45, 7) is 5.17. The third-order valence-electron chi connectivity index (χ3n) is 7.57. The maximum atomic E-state index is 14.0. The largest absolute Gasteiger partial charge is 0.466 e. The minimum absolute atomic E-state index is 0.0326. The molecule has 0 radical (unpaired) electrons. The van der Waals surface area contributed by atoms with E-state index in [0.717, 1.165) is 0 Å². The molecule has 0 bridgehead atoms. The number of carbonyl (C=O) groups excluding carboxylic acids is 4. The fourth-order valence-electron chi connectivity index (χ4n) is 4.87. The standard InChI is InChI=1S/C34H43FN4O8/c1-4-45-30(41)13-8-14-31(42)46-21-47-34(2,3)16-15-23(32(36)43)19-29(40)27(18-22-9-7-10-24(35)17-22)39-33(44)28-20-37-25-11-5-6-12-26(25)38-28/h5-7,9-12,17,20,23,27,29,40H,4,8,13-16,18-19,21H2,1-3H3,(H2,36,43)(H,39,44)/t23-,27+,29+/m1/s1. The van der Waals surface area contributed by atoms with Crippen LogP contribution in [0.5, 0.6) is 0 Å². The molecule has 3 aromatic rings. The summed E-state index contributed by atoms with van der Waals surface area (Å²) in [5.41, 5.74) is 6.57. The minimum Gasteiger partial charge on any atom is -0.466 e. The number of rotatable bonds is 19. The summed E-state index contributed by atoms with van der Waals surface area (Å²) in [4.78, 5) is 57.7. The number of halogens is 1. The fraction of sp³-hybridized carbons (Fsp3) is 0.471. The SMILES string of the molecule is CCOC(=O)CCCC(=O)OCOC(C)(C)CC[C@H](C[C@H](O)[C@H](Cc1cccc(F)c1)NC(=O)c1cnc2ccccc2n1)C(N)=O. The van der Waals surface area contributed by atoms with Gasteiger partial charge in [-0.25, -0.2) is 9.37 Å². The molecule has 0 fully saturated rings. The Morgan fingerprint density at radius 2 is 1.72 bits per heavy atom. The van der Waals surface area contributed by atoms with Crippen molar-refractivity contribution in [2.75, 3.05) is 13.4 Å². The maximum Gasteiger partial charge on any atom is 0.307 e. The van der Waals surface area contributed by atoms with Gasteiger partial charge in [0.2, 0.25) is 5.91 Å². The van der Waals surface area contributed by atoms with Crippen LogP contribution in [-0.2, 0) is 35.0 Å². The lowest BCUT2D eigenvalue weighted by atomic mass is 9.87. The molecule has 0 aliphatic carbocycles. The molecule has 2 aromatic carbocycles. The first-order chi connectivity index (χ1) is 22.4. The summed E-state index contributed by atoms with van der Waals surface area (Å²) in [6, 6.07) is 11.9. The maximum absolute atomic E-state index is 14.0. The van der Waals surface area contributed by atoms with E-state index in [0.29, 0.717) is 29.4 Å². The summed E-state index contributed by atoms with van der Waals surface area (Å²) in [5, 5.41) is 14.1. The van der Waals surface area contributed by atoms with Crippen molar-refractivity contribution in [1.29, 1.82) is 0 Å². The number of aromatic nitrogens is 2. The van der Waals surface area contributed by atoms with Gasteiger partial charge in [-0.05, 0) is 82.7 Å². The minimum atomic E-state index is -1.24. The van der Waals surface area contributed by atoms with E-state index in [-0.39, 0.29) is 57.2 Å². The highest BCUT2D eigenvalue weighted by atomic mass is 19.1. The van der Waals surface area contributed by atoms with E-state index in [4.69, 9.17) is 19.9 Å². The summed E-state index contributed by atoms with van der Waals surface area (Å²) >= 11 is 0. The summed E-state index contributed by atoms with van der Waals surface area (Å²) in [5.74, 6) is -3.42. The number of nitrogens with zero attached hydrogens (tertiary/aromatic N) is 2. The lowest BCUT2D eigenvalue weighted by Gasteiger charge is -2.29. The number of para-hydroxylation sites is 2. The molecule has 0 spiro atoms. The van der Waals surface area contributed by atoms with Gasteiger partial charge in [-0.1, -0.05) is 24.3 Å². The number of nitrogens with one attached hydrogen (secondary N) is 1. The highest BCUT2D eigenvalue weighted by Gasteiger charge is 2.30. The van der Waals surface area contributed by atoms with E-state index in [2.05, 4.69) is 15.3 Å². The van der Waals surface area contributed by atoms with Crippen LogP contribution in [0.1, 0.15) is 75.3 Å². The number of hydrogen-bond acceptors (Lipinski definition) is 10. The van der Waals surface area contributed by atoms with Crippen molar-refractivity contribution < 1.29 is 42.9 Å². The van der Waals surface area contributed by atoms with Crippen molar-refractivity contribution in [1.82, 2.24) is 15.3 Å². The number of esters is 2. The molecule has 0 saturated heterocycles. The van der Waals surface area contributed by atoms with Crippen LogP contribution in [0.15, 0.2) is 54.7 Å². The molecule has 3 rings (SSSR count). The van der Waals surface area contributed by atoms with Crippen molar-refractivity contribution in [3.63, 3.8) is 0 Å². The molecule has 3 atom stereocenters. The zero-order chi connectivity index (χ0) is 34.4. The van der Waals surface area contributed by atoms with E-state index >= 15 is 0 Å². The molecule has 0 aliphatic heterocycles. The Kier molecular flexibility index (Phi) is 14.2. The van der Waals surface area contributed by atoms with Gasteiger partial charge < -0.3 is 30.4 Å². The molecule has 13 heteroatoms. The zero-order valence-electron chi connectivity index (χ0n) is 26.9. The quantitative estimate of drug-likeness (QED) is 0.127. The number of nitrogens with two attached hydrogens (primary N) is 1. The number of ether oxygens (including phenoxy) is 3. The van der Waals surface area contributed by atoms with Crippen molar-refractivity contribution >= 4 is 34.8 Å². The normalized spacial score (nSPS) is 13.4. The molecule has 0 saturated carbocycles. The van der Waals surface area contributed by atoms with E-state index in [1.165, 1.54) is 24.4 Å². The Bertz CT molecular complexity index is 1520. The smallest absolute Gasteiger partial charge is 0.307 e. The first kappa shape index (κ1) is 37.0. The lowest BCUT2D eigenvalue weighted by Crippen LogP contribution is -2.46. The first-order valence-corrected chi connectivity index (χ1v) is 15.6. The van der Waals surface area contributed by atoms with E-state index in [9.17, 15) is 28.7 Å². The van der Waals surface area contributed by atoms with E-state index in [1.807, 2.05) is 0 Å². The Labute approximate surface area is 273 Å². The summed E-state index contributed by atoms with van der Waals surface area (Å²) < 4.78 is 29.6. The van der Waals surface area contributed by atoms with Crippen LogP contribution in [0.2, 0.25) is 0 Å². The number of primary amides is 1. The topological polar surface area (TPSA) is 180 Å². The lowest BCUT2D eigenvalue weighted by molar-refractivity contribution is -0.170. The Balaban J connectivity index is 1.60. The second-order valence-corrected chi connectivity index (χ2v) is 11.8. The van der Waals surface area contributed by atoms with Gasteiger partial charge in [0.05, 0.1) is 41.6 Å². The van der Waals surface area contributed by atoms with Crippen molar-refractivity contribution in [3.8, 4) is 0 Å². The molecule has 1 aromatic heterocycles. The molecule has 0 aliphatic rings. The van der Waals surface area contributed by atoms with Crippen molar-refractivity contribution in [2.45, 2.75) is 83.5 Å². The van der Waals surface area contributed by atoms with Gasteiger partial charge in [-0.2, -0.15) is 0 Å². The number of amides is 2. The number of fused-ring (bicyclic) bond motifs is 1. The average Bonchev–Trinajstić information content (AvgIpc) is 3.02. The number of hydrogen-bond donors (Lipinski definition) is 3.